The fourth-order valence-electron chi connectivity index (χ4n) is 2.82. The highest BCUT2D eigenvalue weighted by molar-refractivity contribution is 5.94. The molecule has 126 valence electrons. The van der Waals surface area contributed by atoms with E-state index in [1.54, 1.807) is 18.2 Å². The molecule has 0 aromatic heterocycles. The van der Waals surface area contributed by atoms with Crippen molar-refractivity contribution >= 4 is 5.91 Å². The predicted molar refractivity (Wildman–Crippen MR) is 98.1 cm³/mol. The molecular formula is C22H20FNO. The molecule has 0 bridgehead atoms. The maximum absolute atomic E-state index is 13.9. The topological polar surface area (TPSA) is 29.1 Å². The van der Waals surface area contributed by atoms with Crippen molar-refractivity contribution in [3.63, 3.8) is 0 Å². The Morgan fingerprint density at radius 1 is 0.760 bits per heavy atom. The Balaban J connectivity index is 1.63. The highest BCUT2D eigenvalue weighted by Gasteiger charge is 2.08. The Morgan fingerprint density at radius 3 is 2.08 bits per heavy atom. The average Bonchev–Trinajstić information content (AvgIpc) is 2.65. The summed E-state index contributed by atoms with van der Waals surface area (Å²) in [6, 6.07) is 24.0. The SMILES string of the molecule is O=C(NCCc1ccccc1Cc1ccccc1F)c1ccccc1. The fraction of sp³-hybridized carbons (Fsp3) is 0.136. The molecule has 1 N–H and O–H groups in total. The van der Waals surface area contributed by atoms with Crippen LogP contribution in [0.5, 0.6) is 0 Å². The highest BCUT2D eigenvalue weighted by Crippen LogP contribution is 2.17. The smallest absolute Gasteiger partial charge is 0.251 e. The van der Waals surface area contributed by atoms with Crippen LogP contribution in [0.3, 0.4) is 0 Å². The monoisotopic (exact) mass is 333 g/mol. The van der Waals surface area contributed by atoms with E-state index in [0.29, 0.717) is 30.5 Å². The van der Waals surface area contributed by atoms with Crippen molar-refractivity contribution in [2.45, 2.75) is 12.8 Å². The zero-order valence-corrected chi connectivity index (χ0v) is 13.9. The molecule has 3 aromatic rings. The molecule has 1 amide bonds. The third-order valence-electron chi connectivity index (χ3n) is 4.17. The van der Waals surface area contributed by atoms with Gasteiger partial charge in [-0.1, -0.05) is 60.7 Å². The van der Waals surface area contributed by atoms with Gasteiger partial charge in [-0.15, -0.1) is 0 Å². The largest absolute Gasteiger partial charge is 0.352 e. The van der Waals surface area contributed by atoms with Gasteiger partial charge in [-0.3, -0.25) is 4.79 Å². The minimum Gasteiger partial charge on any atom is -0.352 e. The summed E-state index contributed by atoms with van der Waals surface area (Å²) in [6.07, 6.45) is 1.26. The number of hydrogen-bond donors (Lipinski definition) is 1. The number of carbonyl (C=O) groups is 1. The lowest BCUT2D eigenvalue weighted by atomic mass is 9.97. The third kappa shape index (κ3) is 4.54. The zero-order chi connectivity index (χ0) is 17.5. The van der Waals surface area contributed by atoms with Gasteiger partial charge in [0, 0.05) is 18.5 Å². The summed E-state index contributed by atoms with van der Waals surface area (Å²) in [5.41, 5.74) is 3.55. The standard InChI is InChI=1S/C22H20FNO/c23-21-13-7-6-12-20(21)16-19-11-5-4-8-17(19)14-15-24-22(25)18-9-2-1-3-10-18/h1-13H,14-16H2,(H,24,25). The van der Waals surface area contributed by atoms with E-state index in [4.69, 9.17) is 0 Å². The Morgan fingerprint density at radius 2 is 1.36 bits per heavy atom. The van der Waals surface area contributed by atoms with Gasteiger partial charge < -0.3 is 5.32 Å². The minimum absolute atomic E-state index is 0.0767. The van der Waals surface area contributed by atoms with Crippen molar-refractivity contribution in [1.29, 1.82) is 0 Å². The molecule has 0 fully saturated rings. The summed E-state index contributed by atoms with van der Waals surface area (Å²) in [5.74, 6) is -0.262. The lowest BCUT2D eigenvalue weighted by Crippen LogP contribution is -2.25. The van der Waals surface area contributed by atoms with E-state index in [2.05, 4.69) is 5.32 Å². The Kier molecular flexibility index (Phi) is 5.57. The second-order valence-corrected chi connectivity index (χ2v) is 5.91. The van der Waals surface area contributed by atoms with Crippen LogP contribution in [0.4, 0.5) is 4.39 Å². The molecule has 0 unspecified atom stereocenters. The molecule has 2 nitrogen and oxygen atoms in total. The first-order valence-electron chi connectivity index (χ1n) is 8.37. The van der Waals surface area contributed by atoms with Crippen molar-refractivity contribution in [1.82, 2.24) is 5.32 Å². The van der Waals surface area contributed by atoms with E-state index in [9.17, 15) is 9.18 Å². The first-order valence-corrected chi connectivity index (χ1v) is 8.37. The molecule has 0 radical (unpaired) electrons. The van der Waals surface area contributed by atoms with Crippen LogP contribution in [0.2, 0.25) is 0 Å². The van der Waals surface area contributed by atoms with E-state index in [1.165, 1.54) is 6.07 Å². The maximum Gasteiger partial charge on any atom is 0.251 e. The van der Waals surface area contributed by atoms with Gasteiger partial charge in [0.05, 0.1) is 0 Å². The first kappa shape index (κ1) is 16.9. The number of halogens is 1. The molecule has 0 aliphatic heterocycles. The number of amides is 1. The second-order valence-electron chi connectivity index (χ2n) is 5.91. The molecule has 0 spiro atoms. The van der Waals surface area contributed by atoms with Gasteiger partial charge in [-0.05, 0) is 41.3 Å². The maximum atomic E-state index is 13.9. The number of benzene rings is 3. The molecule has 25 heavy (non-hydrogen) atoms. The molecule has 0 aliphatic rings. The second kappa shape index (κ2) is 8.25. The molecule has 0 atom stereocenters. The summed E-state index contributed by atoms with van der Waals surface area (Å²) in [4.78, 5) is 12.1. The summed E-state index contributed by atoms with van der Waals surface area (Å²) < 4.78 is 13.9. The average molecular weight is 333 g/mol. The van der Waals surface area contributed by atoms with Crippen LogP contribution < -0.4 is 5.32 Å². The van der Waals surface area contributed by atoms with Crippen LogP contribution in [0.15, 0.2) is 78.9 Å². The van der Waals surface area contributed by atoms with E-state index in [0.717, 1.165) is 11.1 Å². The third-order valence-corrected chi connectivity index (χ3v) is 4.17. The van der Waals surface area contributed by atoms with Gasteiger partial charge in [-0.2, -0.15) is 0 Å². The Labute approximate surface area is 147 Å². The zero-order valence-electron chi connectivity index (χ0n) is 13.9. The van der Waals surface area contributed by atoms with Crippen LogP contribution in [0, 0.1) is 5.82 Å². The molecule has 0 saturated heterocycles. The van der Waals surface area contributed by atoms with Crippen molar-refractivity contribution < 1.29 is 9.18 Å². The van der Waals surface area contributed by atoms with Crippen molar-refractivity contribution in [3.8, 4) is 0 Å². The highest BCUT2D eigenvalue weighted by atomic mass is 19.1. The van der Waals surface area contributed by atoms with Crippen LogP contribution >= 0.6 is 0 Å². The molecule has 0 heterocycles. The molecule has 3 heteroatoms. The lowest BCUT2D eigenvalue weighted by molar-refractivity contribution is 0.0954. The number of nitrogens with one attached hydrogen (secondary N) is 1. The summed E-state index contributed by atoms with van der Waals surface area (Å²) in [5, 5.41) is 2.94. The van der Waals surface area contributed by atoms with Crippen LogP contribution in [-0.4, -0.2) is 12.5 Å². The van der Waals surface area contributed by atoms with Crippen LogP contribution in [0.1, 0.15) is 27.0 Å². The van der Waals surface area contributed by atoms with Gasteiger partial charge >= 0.3 is 0 Å². The van der Waals surface area contributed by atoms with Gasteiger partial charge in [0.2, 0.25) is 0 Å². The normalized spacial score (nSPS) is 10.4. The van der Waals surface area contributed by atoms with Gasteiger partial charge in [-0.25, -0.2) is 4.39 Å². The van der Waals surface area contributed by atoms with Gasteiger partial charge in [0.1, 0.15) is 5.82 Å². The molecule has 3 aromatic carbocycles. The summed E-state index contributed by atoms with van der Waals surface area (Å²) >= 11 is 0. The van der Waals surface area contributed by atoms with E-state index >= 15 is 0 Å². The molecule has 0 saturated carbocycles. The summed E-state index contributed by atoms with van der Waals surface area (Å²) in [6.45, 7) is 0.544. The van der Waals surface area contributed by atoms with Crippen molar-refractivity contribution in [3.05, 3.63) is 107 Å². The molecule has 3 rings (SSSR count). The molecular weight excluding hydrogens is 313 g/mol. The van der Waals surface area contributed by atoms with Crippen LogP contribution in [0.25, 0.3) is 0 Å². The number of carbonyl (C=O) groups excluding carboxylic acids is 1. The predicted octanol–water partition coefficient (Wildman–Crippen LogP) is 4.39. The minimum atomic E-state index is -0.185. The first-order chi connectivity index (χ1) is 12.2. The van der Waals surface area contributed by atoms with Gasteiger partial charge in [0.25, 0.3) is 5.91 Å². The van der Waals surface area contributed by atoms with Crippen LogP contribution in [-0.2, 0) is 12.8 Å². The Bertz CT molecular complexity index is 845. The van der Waals surface area contributed by atoms with Crippen molar-refractivity contribution in [2.24, 2.45) is 0 Å². The summed E-state index contributed by atoms with van der Waals surface area (Å²) in [7, 11) is 0. The van der Waals surface area contributed by atoms with E-state index in [-0.39, 0.29) is 11.7 Å². The van der Waals surface area contributed by atoms with Gasteiger partial charge in [0.15, 0.2) is 0 Å². The van der Waals surface area contributed by atoms with E-state index in [1.807, 2.05) is 54.6 Å². The lowest BCUT2D eigenvalue weighted by Gasteiger charge is -2.11. The Hall–Kier alpha value is -2.94. The van der Waals surface area contributed by atoms with E-state index < -0.39 is 0 Å². The number of hydrogen-bond acceptors (Lipinski definition) is 1. The number of rotatable bonds is 6. The van der Waals surface area contributed by atoms with Crippen molar-refractivity contribution in [2.75, 3.05) is 6.54 Å². The quantitative estimate of drug-likeness (QED) is 0.712. The fourth-order valence-corrected chi connectivity index (χ4v) is 2.82. The molecule has 0 aliphatic carbocycles.